The van der Waals surface area contributed by atoms with Crippen molar-refractivity contribution in [3.8, 4) is 17.0 Å². The molecule has 0 spiro atoms. The third-order valence-corrected chi connectivity index (χ3v) is 2.43. The van der Waals surface area contributed by atoms with E-state index in [0.29, 0.717) is 17.1 Å². The van der Waals surface area contributed by atoms with Gasteiger partial charge in [-0.15, -0.1) is 0 Å². The van der Waals surface area contributed by atoms with Gasteiger partial charge in [-0.1, -0.05) is 0 Å². The molecule has 1 N–H and O–H groups in total. The minimum atomic E-state index is -1.13. The zero-order valence-corrected chi connectivity index (χ0v) is 11.0. The van der Waals surface area contributed by atoms with Crippen molar-refractivity contribution >= 4 is 5.97 Å². The highest BCUT2D eigenvalue weighted by atomic mass is 16.5. The van der Waals surface area contributed by atoms with Gasteiger partial charge in [0.05, 0.1) is 6.10 Å². The van der Waals surface area contributed by atoms with E-state index in [1.807, 2.05) is 13.8 Å². The normalized spacial score (nSPS) is 10.7. The van der Waals surface area contributed by atoms with Crippen LogP contribution in [0.5, 0.6) is 5.75 Å². The van der Waals surface area contributed by atoms with Crippen LogP contribution in [0.25, 0.3) is 11.3 Å². The number of aryl methyl sites for hydroxylation is 1. The molecule has 0 saturated carbocycles. The summed E-state index contributed by atoms with van der Waals surface area (Å²) in [7, 11) is 0. The summed E-state index contributed by atoms with van der Waals surface area (Å²) < 4.78 is 10.6. The molecule has 0 amide bonds. The van der Waals surface area contributed by atoms with E-state index in [-0.39, 0.29) is 11.9 Å². The van der Waals surface area contributed by atoms with Gasteiger partial charge in [0.25, 0.3) is 0 Å². The molecule has 0 atom stereocenters. The lowest BCUT2D eigenvalue weighted by Gasteiger charge is -2.09. The number of oxazole rings is 1. The Labute approximate surface area is 110 Å². The van der Waals surface area contributed by atoms with Gasteiger partial charge in [0.2, 0.25) is 5.76 Å². The van der Waals surface area contributed by atoms with Gasteiger partial charge in [0.15, 0.2) is 5.89 Å². The molecule has 1 aromatic heterocycles. The van der Waals surface area contributed by atoms with Gasteiger partial charge >= 0.3 is 5.97 Å². The molecule has 19 heavy (non-hydrogen) atoms. The molecule has 0 unspecified atom stereocenters. The number of aromatic carboxylic acids is 1. The Morgan fingerprint density at radius 1 is 1.32 bits per heavy atom. The van der Waals surface area contributed by atoms with Crippen LogP contribution >= 0.6 is 0 Å². The number of carbonyl (C=O) groups is 1. The van der Waals surface area contributed by atoms with E-state index in [1.54, 1.807) is 31.2 Å². The molecule has 0 radical (unpaired) electrons. The Morgan fingerprint density at radius 2 is 1.95 bits per heavy atom. The first kappa shape index (κ1) is 13.1. The van der Waals surface area contributed by atoms with E-state index in [2.05, 4.69) is 4.98 Å². The van der Waals surface area contributed by atoms with Crippen molar-refractivity contribution in [1.82, 2.24) is 4.98 Å². The summed E-state index contributed by atoms with van der Waals surface area (Å²) in [6.07, 6.45) is 0.0923. The first-order chi connectivity index (χ1) is 8.97. The molecule has 0 aliphatic rings. The molecule has 5 nitrogen and oxygen atoms in total. The van der Waals surface area contributed by atoms with E-state index in [9.17, 15) is 4.79 Å². The van der Waals surface area contributed by atoms with Crippen molar-refractivity contribution < 1.29 is 19.1 Å². The maximum atomic E-state index is 11.1. The summed E-state index contributed by atoms with van der Waals surface area (Å²) in [5.41, 5.74) is 1.02. The first-order valence-electron chi connectivity index (χ1n) is 5.95. The van der Waals surface area contributed by atoms with E-state index in [0.717, 1.165) is 5.75 Å². The largest absolute Gasteiger partial charge is 0.491 e. The number of ether oxygens (including phenoxy) is 1. The molecule has 0 saturated heterocycles. The van der Waals surface area contributed by atoms with Gasteiger partial charge in [-0.2, -0.15) is 0 Å². The van der Waals surface area contributed by atoms with Gasteiger partial charge in [0.1, 0.15) is 11.4 Å². The third kappa shape index (κ3) is 2.93. The molecule has 2 rings (SSSR count). The fourth-order valence-corrected chi connectivity index (χ4v) is 1.73. The van der Waals surface area contributed by atoms with Gasteiger partial charge in [-0.05, 0) is 38.1 Å². The van der Waals surface area contributed by atoms with E-state index in [1.165, 1.54) is 0 Å². The summed E-state index contributed by atoms with van der Waals surface area (Å²) in [5.74, 6) is -0.209. The average molecular weight is 261 g/mol. The van der Waals surface area contributed by atoms with Gasteiger partial charge < -0.3 is 14.3 Å². The molecular formula is C14H15NO4. The Bertz CT molecular complexity index is 584. The predicted molar refractivity (Wildman–Crippen MR) is 69.4 cm³/mol. The predicted octanol–water partition coefficient (Wildman–Crippen LogP) is 3.14. The topological polar surface area (TPSA) is 72.6 Å². The number of hydrogen-bond donors (Lipinski definition) is 1. The van der Waals surface area contributed by atoms with Crippen LogP contribution in [0.1, 0.15) is 30.3 Å². The highest BCUT2D eigenvalue weighted by Crippen LogP contribution is 2.26. The van der Waals surface area contributed by atoms with Gasteiger partial charge in [-0.25, -0.2) is 9.78 Å². The number of hydrogen-bond acceptors (Lipinski definition) is 4. The maximum Gasteiger partial charge on any atom is 0.374 e. The van der Waals surface area contributed by atoms with Crippen molar-refractivity contribution in [2.45, 2.75) is 26.9 Å². The highest BCUT2D eigenvalue weighted by Gasteiger charge is 2.19. The van der Waals surface area contributed by atoms with Crippen LogP contribution in [0.2, 0.25) is 0 Å². The molecule has 0 aliphatic heterocycles. The number of benzene rings is 1. The minimum absolute atomic E-state index is 0.0923. The van der Waals surface area contributed by atoms with Crippen LogP contribution in [0.15, 0.2) is 28.7 Å². The van der Waals surface area contributed by atoms with E-state index < -0.39 is 5.97 Å². The fourth-order valence-electron chi connectivity index (χ4n) is 1.73. The summed E-state index contributed by atoms with van der Waals surface area (Å²) in [4.78, 5) is 15.2. The monoisotopic (exact) mass is 261 g/mol. The second kappa shape index (κ2) is 5.14. The van der Waals surface area contributed by atoms with E-state index >= 15 is 0 Å². The molecule has 100 valence electrons. The molecule has 2 aromatic rings. The van der Waals surface area contributed by atoms with Crippen molar-refractivity contribution in [3.63, 3.8) is 0 Å². The quantitative estimate of drug-likeness (QED) is 0.915. The molecule has 1 aromatic carbocycles. The second-order valence-electron chi connectivity index (χ2n) is 4.41. The van der Waals surface area contributed by atoms with Crippen LogP contribution in [0, 0.1) is 6.92 Å². The van der Waals surface area contributed by atoms with Crippen LogP contribution in [0.4, 0.5) is 0 Å². The highest BCUT2D eigenvalue weighted by molar-refractivity contribution is 5.91. The summed E-state index contributed by atoms with van der Waals surface area (Å²) in [6.45, 7) is 5.50. The number of rotatable bonds is 4. The Kier molecular flexibility index (Phi) is 3.55. The standard InChI is InChI=1S/C14H15NO4/c1-8(2)18-11-6-4-10(5-7-11)12-13(14(16)17)19-9(3)15-12/h4-8H,1-3H3,(H,16,17). The van der Waals surface area contributed by atoms with Crippen LogP contribution in [0.3, 0.4) is 0 Å². The SMILES string of the molecule is Cc1nc(-c2ccc(OC(C)C)cc2)c(C(=O)O)o1. The maximum absolute atomic E-state index is 11.1. The second-order valence-corrected chi connectivity index (χ2v) is 4.41. The molecule has 0 fully saturated rings. The number of aromatic nitrogens is 1. The molecule has 5 heteroatoms. The summed E-state index contributed by atoms with van der Waals surface area (Å²) in [6, 6.07) is 7.10. The fraction of sp³-hybridized carbons (Fsp3) is 0.286. The average Bonchev–Trinajstić information content (AvgIpc) is 2.72. The summed E-state index contributed by atoms with van der Waals surface area (Å²) >= 11 is 0. The number of carboxylic acids is 1. The Morgan fingerprint density at radius 3 is 2.47 bits per heavy atom. The van der Waals surface area contributed by atoms with Crippen LogP contribution in [-0.4, -0.2) is 22.2 Å². The summed E-state index contributed by atoms with van der Waals surface area (Å²) in [5, 5.41) is 9.06. The van der Waals surface area contributed by atoms with E-state index in [4.69, 9.17) is 14.3 Å². The van der Waals surface area contributed by atoms with Crippen molar-refractivity contribution in [3.05, 3.63) is 35.9 Å². The smallest absolute Gasteiger partial charge is 0.374 e. The minimum Gasteiger partial charge on any atom is -0.491 e. The van der Waals surface area contributed by atoms with Gasteiger partial charge in [-0.3, -0.25) is 0 Å². The zero-order chi connectivity index (χ0) is 14.0. The van der Waals surface area contributed by atoms with Crippen molar-refractivity contribution in [2.75, 3.05) is 0 Å². The third-order valence-electron chi connectivity index (χ3n) is 2.43. The molecule has 1 heterocycles. The van der Waals surface area contributed by atoms with Gasteiger partial charge in [0, 0.05) is 12.5 Å². The number of nitrogens with zero attached hydrogens (tertiary/aromatic N) is 1. The number of carboxylic acid groups (broad SMARTS) is 1. The molecule has 0 bridgehead atoms. The zero-order valence-electron chi connectivity index (χ0n) is 11.0. The van der Waals surface area contributed by atoms with Crippen molar-refractivity contribution in [1.29, 1.82) is 0 Å². The lowest BCUT2D eigenvalue weighted by molar-refractivity contribution is 0.0662. The lowest BCUT2D eigenvalue weighted by Crippen LogP contribution is -2.05. The van der Waals surface area contributed by atoms with Crippen LogP contribution in [-0.2, 0) is 0 Å². The van der Waals surface area contributed by atoms with Crippen LogP contribution < -0.4 is 4.74 Å². The molecular weight excluding hydrogens is 246 g/mol. The Hall–Kier alpha value is -2.30. The van der Waals surface area contributed by atoms with Crippen molar-refractivity contribution in [2.24, 2.45) is 0 Å². The Balaban J connectivity index is 2.34. The molecule has 0 aliphatic carbocycles. The first-order valence-corrected chi connectivity index (χ1v) is 5.95. The lowest BCUT2D eigenvalue weighted by atomic mass is 10.1.